The highest BCUT2D eigenvalue weighted by atomic mass is 35.5. The van der Waals surface area contributed by atoms with E-state index in [0.717, 1.165) is 11.1 Å². The van der Waals surface area contributed by atoms with Crippen LogP contribution < -0.4 is 5.32 Å². The Balaban J connectivity index is 2.00. The molecule has 1 unspecified atom stereocenters. The van der Waals surface area contributed by atoms with Crippen LogP contribution in [0, 0.1) is 0 Å². The molecule has 2 rings (SSSR count). The fourth-order valence-electron chi connectivity index (χ4n) is 1.54. The lowest BCUT2D eigenvalue weighted by atomic mass is 10.1. The molecule has 0 aliphatic heterocycles. The highest BCUT2D eigenvalue weighted by molar-refractivity contribution is 7.20. The maximum Gasteiger partial charge on any atom is 0.321 e. The van der Waals surface area contributed by atoms with Crippen LogP contribution in [0.4, 0.5) is 0 Å². The first-order chi connectivity index (χ1) is 9.06. The van der Waals surface area contributed by atoms with Crippen molar-refractivity contribution in [1.82, 2.24) is 9.69 Å². The second-order valence-corrected chi connectivity index (χ2v) is 6.80. The van der Waals surface area contributed by atoms with Crippen LogP contribution in [-0.2, 0) is 17.8 Å². The van der Waals surface area contributed by atoms with Gasteiger partial charge >= 0.3 is 5.97 Å². The molecular formula is C11H10Cl2N2O2S2. The third-order valence-electron chi connectivity index (χ3n) is 2.49. The number of aromatic nitrogens is 1. The topological polar surface area (TPSA) is 62.2 Å². The number of hydrogen-bond acceptors (Lipinski definition) is 5. The predicted octanol–water partition coefficient (Wildman–Crippen LogP) is 3.30. The lowest BCUT2D eigenvalue weighted by Crippen LogP contribution is -2.37. The Morgan fingerprint density at radius 3 is 2.84 bits per heavy atom. The summed E-state index contributed by atoms with van der Waals surface area (Å²) in [6, 6.07) is 1.00. The van der Waals surface area contributed by atoms with E-state index in [1.54, 1.807) is 12.3 Å². The number of carboxylic acid groups (broad SMARTS) is 1. The molecule has 19 heavy (non-hydrogen) atoms. The first-order valence-corrected chi connectivity index (χ1v) is 7.75. The van der Waals surface area contributed by atoms with Gasteiger partial charge in [-0.15, -0.1) is 11.3 Å². The van der Waals surface area contributed by atoms with Crippen molar-refractivity contribution >= 4 is 52.0 Å². The maximum atomic E-state index is 11.2. The normalized spacial score (nSPS) is 12.5. The Morgan fingerprint density at radius 1 is 1.53 bits per heavy atom. The second-order valence-electron chi connectivity index (χ2n) is 3.86. The van der Waals surface area contributed by atoms with Gasteiger partial charge in [0.05, 0.1) is 8.67 Å². The van der Waals surface area contributed by atoms with Crippen molar-refractivity contribution in [3.05, 3.63) is 37.4 Å². The first-order valence-electron chi connectivity index (χ1n) is 5.34. The van der Waals surface area contributed by atoms with Gasteiger partial charge in [-0.25, -0.2) is 4.37 Å². The van der Waals surface area contributed by atoms with Crippen LogP contribution in [0.2, 0.25) is 8.67 Å². The van der Waals surface area contributed by atoms with Crippen molar-refractivity contribution in [3.63, 3.8) is 0 Å². The summed E-state index contributed by atoms with van der Waals surface area (Å²) >= 11 is 14.4. The number of nitrogens with one attached hydrogen (secondary N) is 1. The number of halogens is 2. The molecule has 0 amide bonds. The van der Waals surface area contributed by atoms with Crippen molar-refractivity contribution in [2.45, 2.75) is 19.0 Å². The van der Waals surface area contributed by atoms with Gasteiger partial charge in [-0.05, 0) is 28.7 Å². The minimum Gasteiger partial charge on any atom is -0.480 e. The van der Waals surface area contributed by atoms with Gasteiger partial charge in [0, 0.05) is 24.5 Å². The Morgan fingerprint density at radius 2 is 2.32 bits per heavy atom. The van der Waals surface area contributed by atoms with Crippen LogP contribution in [0.3, 0.4) is 0 Å². The van der Waals surface area contributed by atoms with Crippen LogP contribution in [0.1, 0.15) is 11.1 Å². The van der Waals surface area contributed by atoms with E-state index < -0.39 is 12.0 Å². The van der Waals surface area contributed by atoms with Gasteiger partial charge in [-0.2, -0.15) is 0 Å². The Labute approximate surface area is 128 Å². The highest BCUT2D eigenvalue weighted by Gasteiger charge is 2.20. The average molecular weight is 337 g/mol. The monoisotopic (exact) mass is 336 g/mol. The second kappa shape index (κ2) is 6.67. The molecule has 0 radical (unpaired) electrons. The lowest BCUT2D eigenvalue weighted by molar-refractivity contribution is -0.139. The molecule has 8 heteroatoms. The van der Waals surface area contributed by atoms with Crippen molar-refractivity contribution in [2.75, 3.05) is 0 Å². The maximum absolute atomic E-state index is 11.2. The average Bonchev–Trinajstić information content (AvgIpc) is 2.94. The SMILES string of the molecule is O=C(O)C(Cc1cc(Cl)sc1Cl)NCc1cnsc1. The van der Waals surface area contributed by atoms with Crippen LogP contribution in [0.15, 0.2) is 17.6 Å². The minimum absolute atomic E-state index is 0.301. The van der Waals surface area contributed by atoms with Crippen LogP contribution in [0.5, 0.6) is 0 Å². The molecule has 1 atom stereocenters. The molecule has 0 bridgehead atoms. The van der Waals surface area contributed by atoms with Gasteiger partial charge in [0.15, 0.2) is 0 Å². The predicted molar refractivity (Wildman–Crippen MR) is 78.4 cm³/mol. The molecule has 0 saturated carbocycles. The zero-order chi connectivity index (χ0) is 13.8. The summed E-state index contributed by atoms with van der Waals surface area (Å²) in [6.45, 7) is 0.461. The summed E-state index contributed by atoms with van der Waals surface area (Å²) in [5, 5.41) is 14.1. The quantitative estimate of drug-likeness (QED) is 0.849. The number of carbonyl (C=O) groups is 1. The van der Waals surface area contributed by atoms with E-state index in [9.17, 15) is 9.90 Å². The number of nitrogens with zero attached hydrogens (tertiary/aromatic N) is 1. The van der Waals surface area contributed by atoms with E-state index in [1.165, 1.54) is 22.9 Å². The summed E-state index contributed by atoms with van der Waals surface area (Å²) in [5.41, 5.74) is 1.71. The molecule has 0 aliphatic rings. The van der Waals surface area contributed by atoms with Crippen molar-refractivity contribution in [3.8, 4) is 0 Å². The third kappa shape index (κ3) is 4.15. The number of thiophene rings is 1. The van der Waals surface area contributed by atoms with Crippen LogP contribution in [0.25, 0.3) is 0 Å². The number of carboxylic acids is 1. The van der Waals surface area contributed by atoms with E-state index in [-0.39, 0.29) is 0 Å². The molecule has 2 N–H and O–H groups in total. The fraction of sp³-hybridized carbons (Fsp3) is 0.273. The number of aliphatic carboxylic acids is 1. The number of hydrogen-bond donors (Lipinski definition) is 2. The third-order valence-corrected chi connectivity index (χ3v) is 4.69. The zero-order valence-electron chi connectivity index (χ0n) is 9.60. The molecule has 0 saturated heterocycles. The summed E-state index contributed by atoms with van der Waals surface area (Å²) in [6.07, 6.45) is 2.01. The van der Waals surface area contributed by atoms with Gasteiger partial charge in [0.1, 0.15) is 6.04 Å². The summed E-state index contributed by atoms with van der Waals surface area (Å²) < 4.78 is 5.06. The van der Waals surface area contributed by atoms with E-state index in [1.807, 2.05) is 5.38 Å². The van der Waals surface area contributed by atoms with E-state index in [0.29, 0.717) is 21.6 Å². The Hall–Kier alpha value is -0.660. The zero-order valence-corrected chi connectivity index (χ0v) is 12.7. The van der Waals surface area contributed by atoms with Crippen molar-refractivity contribution in [1.29, 1.82) is 0 Å². The molecule has 102 valence electrons. The van der Waals surface area contributed by atoms with Gasteiger partial charge in [0.25, 0.3) is 0 Å². The van der Waals surface area contributed by atoms with E-state index >= 15 is 0 Å². The molecular weight excluding hydrogens is 327 g/mol. The van der Waals surface area contributed by atoms with Crippen LogP contribution >= 0.6 is 46.1 Å². The molecule has 2 aromatic rings. The number of rotatable bonds is 6. The fourth-order valence-corrected chi connectivity index (χ4v) is 3.58. The summed E-state index contributed by atoms with van der Waals surface area (Å²) in [4.78, 5) is 11.2. The molecule has 0 spiro atoms. The van der Waals surface area contributed by atoms with Gasteiger partial charge in [-0.1, -0.05) is 23.2 Å². The lowest BCUT2D eigenvalue weighted by Gasteiger charge is -2.13. The van der Waals surface area contributed by atoms with Gasteiger partial charge < -0.3 is 5.11 Å². The van der Waals surface area contributed by atoms with Gasteiger partial charge in [0.2, 0.25) is 0 Å². The first kappa shape index (κ1) is 14.7. The Kier molecular flexibility index (Phi) is 5.18. The van der Waals surface area contributed by atoms with Crippen molar-refractivity contribution < 1.29 is 9.90 Å². The molecule has 0 aliphatic carbocycles. The minimum atomic E-state index is -0.915. The Bertz CT molecular complexity index is 557. The smallest absolute Gasteiger partial charge is 0.321 e. The standard InChI is InChI=1S/C11H10Cl2N2O2S2/c12-9-2-7(10(13)19-9)1-8(11(16)17)14-3-6-4-15-18-5-6/h2,4-5,8,14H,1,3H2,(H,16,17). The van der Waals surface area contributed by atoms with Gasteiger partial charge in [-0.3, -0.25) is 10.1 Å². The van der Waals surface area contributed by atoms with E-state index in [4.69, 9.17) is 23.2 Å². The molecule has 4 nitrogen and oxygen atoms in total. The molecule has 2 heterocycles. The van der Waals surface area contributed by atoms with Crippen molar-refractivity contribution in [2.24, 2.45) is 0 Å². The summed E-state index contributed by atoms with van der Waals surface area (Å²) in [7, 11) is 0. The largest absolute Gasteiger partial charge is 0.480 e. The molecule has 0 aromatic carbocycles. The van der Waals surface area contributed by atoms with E-state index in [2.05, 4.69) is 9.69 Å². The molecule has 2 aromatic heterocycles. The molecule has 0 fully saturated rings. The highest BCUT2D eigenvalue weighted by Crippen LogP contribution is 2.31. The summed E-state index contributed by atoms with van der Waals surface area (Å²) in [5.74, 6) is -0.915. The van der Waals surface area contributed by atoms with Crippen LogP contribution in [-0.4, -0.2) is 21.5 Å².